The van der Waals surface area contributed by atoms with E-state index in [0.717, 1.165) is 26.2 Å². The van der Waals surface area contributed by atoms with Crippen LogP contribution in [0.4, 0.5) is 5.69 Å². The van der Waals surface area contributed by atoms with Gasteiger partial charge in [-0.1, -0.05) is 76.1 Å². The second-order valence-electron chi connectivity index (χ2n) is 10.3. The highest BCUT2D eigenvalue weighted by atomic mass is 79.9. The summed E-state index contributed by atoms with van der Waals surface area (Å²) in [6.07, 6.45) is 1.29. The van der Waals surface area contributed by atoms with E-state index in [1.54, 1.807) is 18.2 Å². The van der Waals surface area contributed by atoms with Crippen molar-refractivity contribution in [3.8, 4) is 0 Å². The third-order valence-electron chi connectivity index (χ3n) is 5.81. The van der Waals surface area contributed by atoms with Gasteiger partial charge in [0.25, 0.3) is 0 Å². The number of amides is 2. The van der Waals surface area contributed by atoms with Gasteiger partial charge in [-0.3, -0.25) is 13.9 Å². The molecule has 3 aromatic rings. The van der Waals surface area contributed by atoms with Crippen LogP contribution >= 0.6 is 27.5 Å². The second-order valence-corrected chi connectivity index (χ2v) is 13.6. The molecule has 0 heterocycles. The number of carbonyl (C=O) groups excluding carboxylic acids is 2. The number of halogens is 2. The first-order valence-corrected chi connectivity index (χ1v) is 15.4. The lowest BCUT2D eigenvalue weighted by Crippen LogP contribution is -2.56. The van der Waals surface area contributed by atoms with E-state index >= 15 is 0 Å². The number of sulfonamides is 1. The molecule has 0 aliphatic rings. The molecule has 0 aromatic heterocycles. The maximum atomic E-state index is 14.0. The summed E-state index contributed by atoms with van der Waals surface area (Å²) in [5.74, 6) is -0.848. The van der Waals surface area contributed by atoms with Crippen molar-refractivity contribution >= 4 is 55.1 Å². The van der Waals surface area contributed by atoms with E-state index in [0.29, 0.717) is 5.02 Å². The SMILES string of the molecule is CC(C)(C)NC(=O)[C@H](Cc1ccccc1)N(Cc1ccc(Br)cc1)C(=O)CN(c1cccc(Cl)c1)S(C)(=O)=O. The van der Waals surface area contributed by atoms with E-state index in [1.807, 2.05) is 75.4 Å². The van der Waals surface area contributed by atoms with Crippen molar-refractivity contribution in [3.05, 3.63) is 99.5 Å². The van der Waals surface area contributed by atoms with Crippen LogP contribution in [0.25, 0.3) is 0 Å². The molecule has 3 rings (SSSR count). The van der Waals surface area contributed by atoms with Crippen LogP contribution in [0.2, 0.25) is 5.02 Å². The fourth-order valence-corrected chi connectivity index (χ4v) is 5.33. The van der Waals surface area contributed by atoms with Gasteiger partial charge < -0.3 is 10.2 Å². The van der Waals surface area contributed by atoms with E-state index in [1.165, 1.54) is 11.0 Å². The standard InChI is InChI=1S/C29H33BrClN3O4S/c1-29(2,3)32-28(36)26(17-21-9-6-5-7-10-21)33(19-22-13-15-23(30)16-14-22)27(35)20-34(39(4,37)38)25-12-8-11-24(31)18-25/h5-16,18,26H,17,19-20H2,1-4H3,(H,32,36)/t26-/m0/s1. The largest absolute Gasteiger partial charge is 0.350 e. The highest BCUT2D eigenvalue weighted by molar-refractivity contribution is 9.10. The molecule has 0 saturated heterocycles. The number of rotatable bonds is 10. The minimum Gasteiger partial charge on any atom is -0.350 e. The number of hydrogen-bond donors (Lipinski definition) is 1. The number of benzene rings is 3. The Morgan fingerprint density at radius 2 is 1.59 bits per heavy atom. The van der Waals surface area contributed by atoms with Crippen LogP contribution in [0.1, 0.15) is 31.9 Å². The Labute approximate surface area is 244 Å². The molecule has 0 aliphatic carbocycles. The van der Waals surface area contributed by atoms with Crippen molar-refractivity contribution < 1.29 is 18.0 Å². The minimum atomic E-state index is -3.85. The zero-order valence-electron chi connectivity index (χ0n) is 22.4. The molecule has 0 aliphatic heterocycles. The number of carbonyl (C=O) groups is 2. The van der Waals surface area contributed by atoms with E-state index in [9.17, 15) is 18.0 Å². The van der Waals surface area contributed by atoms with Crippen molar-refractivity contribution in [3.63, 3.8) is 0 Å². The highest BCUT2D eigenvalue weighted by Gasteiger charge is 2.34. The Kier molecular flexibility index (Phi) is 10.2. The van der Waals surface area contributed by atoms with E-state index in [-0.39, 0.29) is 24.6 Å². The predicted molar refractivity (Wildman–Crippen MR) is 160 cm³/mol. The summed E-state index contributed by atoms with van der Waals surface area (Å²) in [6.45, 7) is 5.22. The van der Waals surface area contributed by atoms with Gasteiger partial charge in [-0.25, -0.2) is 8.42 Å². The molecule has 0 saturated carbocycles. The van der Waals surface area contributed by atoms with Crippen molar-refractivity contribution in [2.24, 2.45) is 0 Å². The normalized spacial score (nSPS) is 12.5. The topological polar surface area (TPSA) is 86.8 Å². The third-order valence-corrected chi connectivity index (χ3v) is 7.72. The first-order valence-electron chi connectivity index (χ1n) is 12.4. The molecule has 0 unspecified atom stereocenters. The average Bonchev–Trinajstić information content (AvgIpc) is 2.84. The number of nitrogens with one attached hydrogen (secondary N) is 1. The molecule has 0 spiro atoms. The zero-order valence-corrected chi connectivity index (χ0v) is 25.6. The molecule has 0 fully saturated rings. The van der Waals surface area contributed by atoms with Gasteiger partial charge in [-0.05, 0) is 62.2 Å². The van der Waals surface area contributed by atoms with Crippen molar-refractivity contribution in [2.75, 3.05) is 17.1 Å². The van der Waals surface area contributed by atoms with E-state index in [2.05, 4.69) is 21.2 Å². The molecule has 39 heavy (non-hydrogen) atoms. The third kappa shape index (κ3) is 9.37. The Hall–Kier alpha value is -2.88. The van der Waals surface area contributed by atoms with Crippen molar-refractivity contribution in [1.29, 1.82) is 0 Å². The Morgan fingerprint density at radius 3 is 2.15 bits per heavy atom. The van der Waals surface area contributed by atoms with Crippen LogP contribution in [0.5, 0.6) is 0 Å². The lowest BCUT2D eigenvalue weighted by molar-refractivity contribution is -0.140. The maximum absolute atomic E-state index is 14.0. The van der Waals surface area contributed by atoms with Gasteiger partial charge in [-0.15, -0.1) is 0 Å². The van der Waals surface area contributed by atoms with Crippen LogP contribution in [-0.4, -0.2) is 49.5 Å². The Balaban J connectivity index is 2.07. The summed E-state index contributed by atoms with van der Waals surface area (Å²) in [4.78, 5) is 29.2. The summed E-state index contributed by atoms with van der Waals surface area (Å²) >= 11 is 9.56. The van der Waals surface area contributed by atoms with Gasteiger partial charge >= 0.3 is 0 Å². The van der Waals surface area contributed by atoms with Gasteiger partial charge in [0.05, 0.1) is 11.9 Å². The summed E-state index contributed by atoms with van der Waals surface area (Å²) in [6, 6.07) is 22.3. The molecule has 3 aromatic carbocycles. The smallest absolute Gasteiger partial charge is 0.244 e. The van der Waals surface area contributed by atoms with Crippen molar-refractivity contribution in [1.82, 2.24) is 10.2 Å². The van der Waals surface area contributed by atoms with Crippen LogP contribution in [0.15, 0.2) is 83.3 Å². The number of nitrogens with zero attached hydrogens (tertiary/aromatic N) is 2. The van der Waals surface area contributed by atoms with Gasteiger partial charge in [0, 0.05) is 28.0 Å². The van der Waals surface area contributed by atoms with Gasteiger partial charge in [0.1, 0.15) is 12.6 Å². The Morgan fingerprint density at radius 1 is 0.949 bits per heavy atom. The molecule has 2 amide bonds. The van der Waals surface area contributed by atoms with Crippen LogP contribution in [0, 0.1) is 0 Å². The van der Waals surface area contributed by atoms with Crippen molar-refractivity contribution in [2.45, 2.75) is 45.3 Å². The molecular weight excluding hydrogens is 602 g/mol. The molecule has 7 nitrogen and oxygen atoms in total. The molecule has 1 atom stereocenters. The highest BCUT2D eigenvalue weighted by Crippen LogP contribution is 2.23. The Bertz CT molecular complexity index is 1390. The molecule has 0 radical (unpaired) electrons. The summed E-state index contributed by atoms with van der Waals surface area (Å²) in [5.41, 5.74) is 1.38. The molecule has 10 heteroatoms. The molecule has 208 valence electrons. The molecule has 1 N–H and O–H groups in total. The fourth-order valence-electron chi connectivity index (χ4n) is 4.04. The van der Waals surface area contributed by atoms with Gasteiger partial charge in [0.15, 0.2) is 0 Å². The number of hydrogen-bond acceptors (Lipinski definition) is 4. The number of anilines is 1. The maximum Gasteiger partial charge on any atom is 0.244 e. The monoisotopic (exact) mass is 633 g/mol. The summed E-state index contributed by atoms with van der Waals surface area (Å²) < 4.78 is 27.5. The zero-order chi connectivity index (χ0) is 28.8. The van der Waals surface area contributed by atoms with Gasteiger partial charge in [0.2, 0.25) is 21.8 Å². The lowest BCUT2D eigenvalue weighted by atomic mass is 10.0. The lowest BCUT2D eigenvalue weighted by Gasteiger charge is -2.35. The van der Waals surface area contributed by atoms with E-state index < -0.39 is 34.1 Å². The summed E-state index contributed by atoms with van der Waals surface area (Å²) in [5, 5.41) is 3.34. The van der Waals surface area contributed by atoms with Gasteiger partial charge in [-0.2, -0.15) is 0 Å². The second kappa shape index (κ2) is 13.0. The fraction of sp³-hybridized carbons (Fsp3) is 0.310. The molecule has 0 bridgehead atoms. The van der Waals surface area contributed by atoms with Crippen LogP contribution in [-0.2, 0) is 32.6 Å². The van der Waals surface area contributed by atoms with Crippen LogP contribution in [0.3, 0.4) is 0 Å². The minimum absolute atomic E-state index is 0.105. The first-order chi connectivity index (χ1) is 18.2. The van der Waals surface area contributed by atoms with E-state index in [4.69, 9.17) is 11.6 Å². The first kappa shape index (κ1) is 30.7. The average molecular weight is 635 g/mol. The predicted octanol–water partition coefficient (Wildman–Crippen LogP) is 5.42. The summed E-state index contributed by atoms with van der Waals surface area (Å²) in [7, 11) is -3.85. The quantitative estimate of drug-likeness (QED) is 0.323. The molecular formula is C29H33BrClN3O4S. The van der Waals surface area contributed by atoms with Crippen LogP contribution < -0.4 is 9.62 Å².